The number of phenolic OH excluding ortho intramolecular Hbond substituents is 1. The predicted molar refractivity (Wildman–Crippen MR) is 101 cm³/mol. The van der Waals surface area contributed by atoms with Crippen molar-refractivity contribution in [3.05, 3.63) is 58.9 Å². The van der Waals surface area contributed by atoms with Crippen molar-refractivity contribution >= 4 is 21.4 Å². The highest BCUT2D eigenvalue weighted by Gasteiger charge is 2.15. The summed E-state index contributed by atoms with van der Waals surface area (Å²) in [5.74, 6) is 0.817. The molecule has 26 heavy (non-hydrogen) atoms. The van der Waals surface area contributed by atoms with Crippen LogP contribution in [0, 0.1) is 0 Å². The molecule has 0 aliphatic carbocycles. The van der Waals surface area contributed by atoms with Gasteiger partial charge in [0.15, 0.2) is 0 Å². The van der Waals surface area contributed by atoms with Crippen LogP contribution in [0.25, 0.3) is 11.3 Å². The van der Waals surface area contributed by atoms with Crippen LogP contribution in [-0.4, -0.2) is 25.1 Å². The van der Waals surface area contributed by atoms with Gasteiger partial charge in [-0.05, 0) is 55.5 Å². The van der Waals surface area contributed by atoms with Crippen LogP contribution < -0.4 is 9.46 Å². The lowest BCUT2D eigenvalue weighted by Crippen LogP contribution is -2.23. The van der Waals surface area contributed by atoms with Crippen LogP contribution in [0.1, 0.15) is 11.9 Å². The van der Waals surface area contributed by atoms with Crippen molar-refractivity contribution in [2.45, 2.75) is 18.4 Å². The molecule has 136 valence electrons. The Morgan fingerprint density at radius 2 is 1.81 bits per heavy atom. The summed E-state index contributed by atoms with van der Waals surface area (Å²) in [7, 11) is -3.62. The van der Waals surface area contributed by atoms with Gasteiger partial charge in [-0.1, -0.05) is 0 Å². The Hall–Kier alpha value is -2.42. The molecule has 0 saturated carbocycles. The highest BCUT2D eigenvalue weighted by atomic mass is 32.2. The topological polar surface area (TPSA) is 88.5 Å². The van der Waals surface area contributed by atoms with E-state index in [4.69, 9.17) is 4.74 Å². The lowest BCUT2D eigenvalue weighted by Gasteiger charge is -2.07. The molecular formula is C18H18N2O4S2. The zero-order valence-electron chi connectivity index (χ0n) is 14.0. The Bertz CT molecular complexity index is 965. The number of hydrogen-bond donors (Lipinski definition) is 2. The molecule has 0 amide bonds. The van der Waals surface area contributed by atoms with E-state index in [1.807, 2.05) is 12.3 Å². The van der Waals surface area contributed by atoms with Gasteiger partial charge >= 0.3 is 0 Å². The number of nitrogens with one attached hydrogen (secondary N) is 1. The molecule has 0 bridgehead atoms. The van der Waals surface area contributed by atoms with Crippen molar-refractivity contribution in [2.75, 3.05) is 6.61 Å². The van der Waals surface area contributed by atoms with Crippen molar-refractivity contribution in [1.29, 1.82) is 0 Å². The monoisotopic (exact) mass is 390 g/mol. The summed E-state index contributed by atoms with van der Waals surface area (Å²) in [5, 5.41) is 11.8. The van der Waals surface area contributed by atoms with Gasteiger partial charge in [0, 0.05) is 10.9 Å². The van der Waals surface area contributed by atoms with Crippen molar-refractivity contribution in [3.63, 3.8) is 0 Å². The quantitative estimate of drug-likeness (QED) is 0.646. The van der Waals surface area contributed by atoms with E-state index in [2.05, 4.69) is 9.71 Å². The minimum absolute atomic E-state index is 0.109. The number of benzene rings is 2. The van der Waals surface area contributed by atoms with E-state index in [9.17, 15) is 13.5 Å². The molecule has 6 nitrogen and oxygen atoms in total. The lowest BCUT2D eigenvalue weighted by atomic mass is 10.2. The fourth-order valence-corrected chi connectivity index (χ4v) is 4.10. The van der Waals surface area contributed by atoms with Gasteiger partial charge in [-0.15, -0.1) is 11.3 Å². The predicted octanol–water partition coefficient (Wildman–Crippen LogP) is 3.39. The Morgan fingerprint density at radius 1 is 1.12 bits per heavy atom. The first-order valence-electron chi connectivity index (χ1n) is 7.94. The molecule has 0 fully saturated rings. The summed E-state index contributed by atoms with van der Waals surface area (Å²) in [4.78, 5) is 4.61. The molecule has 3 rings (SSSR count). The molecule has 0 atom stereocenters. The third-order valence-electron chi connectivity index (χ3n) is 3.57. The van der Waals surface area contributed by atoms with Gasteiger partial charge in [0.2, 0.25) is 10.0 Å². The van der Waals surface area contributed by atoms with E-state index in [0.717, 1.165) is 11.3 Å². The van der Waals surface area contributed by atoms with Crippen LogP contribution in [0.15, 0.2) is 58.8 Å². The largest absolute Gasteiger partial charge is 0.508 e. The number of rotatable bonds is 7. The number of hydrogen-bond acceptors (Lipinski definition) is 6. The summed E-state index contributed by atoms with van der Waals surface area (Å²) in [6.07, 6.45) is 0. The summed E-state index contributed by atoms with van der Waals surface area (Å²) >= 11 is 1.37. The highest BCUT2D eigenvalue weighted by Crippen LogP contribution is 2.24. The summed E-state index contributed by atoms with van der Waals surface area (Å²) in [6, 6.07) is 13.0. The van der Waals surface area contributed by atoms with E-state index in [1.54, 1.807) is 36.4 Å². The summed E-state index contributed by atoms with van der Waals surface area (Å²) < 4.78 is 32.6. The fourth-order valence-electron chi connectivity index (χ4n) is 2.28. The first-order chi connectivity index (χ1) is 12.5. The smallest absolute Gasteiger partial charge is 0.240 e. The number of aromatic hydroxyl groups is 1. The first-order valence-corrected chi connectivity index (χ1v) is 10.3. The molecule has 0 aliphatic rings. The second-order valence-corrected chi connectivity index (χ2v) is 8.11. The molecule has 0 unspecified atom stereocenters. The number of aromatic nitrogens is 1. The van der Waals surface area contributed by atoms with Gasteiger partial charge in [-0.25, -0.2) is 18.1 Å². The maximum absolute atomic E-state index is 12.4. The molecule has 3 aromatic rings. The van der Waals surface area contributed by atoms with Crippen LogP contribution in [0.2, 0.25) is 0 Å². The third kappa shape index (κ3) is 4.40. The average Bonchev–Trinajstić information content (AvgIpc) is 3.11. The van der Waals surface area contributed by atoms with Crippen LogP contribution in [0.3, 0.4) is 0 Å². The molecule has 0 radical (unpaired) electrons. The van der Waals surface area contributed by atoms with Crippen molar-refractivity contribution in [3.8, 4) is 22.8 Å². The van der Waals surface area contributed by atoms with Crippen molar-refractivity contribution in [2.24, 2.45) is 0 Å². The molecule has 0 saturated heterocycles. The molecule has 1 aromatic heterocycles. The molecule has 0 spiro atoms. The van der Waals surface area contributed by atoms with Crippen LogP contribution in [0.4, 0.5) is 0 Å². The number of sulfonamides is 1. The highest BCUT2D eigenvalue weighted by molar-refractivity contribution is 7.89. The minimum atomic E-state index is -3.62. The number of ether oxygens (including phenoxy) is 1. The van der Waals surface area contributed by atoms with Crippen LogP contribution >= 0.6 is 11.3 Å². The van der Waals surface area contributed by atoms with Crippen LogP contribution in [-0.2, 0) is 16.6 Å². The van der Waals surface area contributed by atoms with Gasteiger partial charge < -0.3 is 9.84 Å². The molecular weight excluding hydrogens is 372 g/mol. The molecule has 8 heteroatoms. The van der Waals surface area contributed by atoms with E-state index in [0.29, 0.717) is 17.4 Å². The Kier molecular flexibility index (Phi) is 5.55. The van der Waals surface area contributed by atoms with Gasteiger partial charge in [0.05, 0.1) is 23.7 Å². The lowest BCUT2D eigenvalue weighted by molar-refractivity contribution is 0.340. The van der Waals surface area contributed by atoms with E-state index >= 15 is 0 Å². The maximum atomic E-state index is 12.4. The maximum Gasteiger partial charge on any atom is 0.240 e. The van der Waals surface area contributed by atoms with Crippen molar-refractivity contribution in [1.82, 2.24) is 9.71 Å². The number of thiazole rings is 1. The molecule has 1 heterocycles. The zero-order chi connectivity index (χ0) is 18.6. The molecule has 2 aromatic carbocycles. The van der Waals surface area contributed by atoms with E-state index < -0.39 is 10.0 Å². The molecule has 0 aliphatic heterocycles. The molecule has 2 N–H and O–H groups in total. The van der Waals surface area contributed by atoms with Crippen molar-refractivity contribution < 1.29 is 18.3 Å². The second kappa shape index (κ2) is 7.86. The SMILES string of the molecule is CCOc1ccc(S(=O)(=O)NCc2nc(-c3ccc(O)cc3)cs2)cc1. The summed E-state index contributed by atoms with van der Waals surface area (Å²) in [5.41, 5.74) is 1.60. The van der Waals surface area contributed by atoms with Gasteiger partial charge in [0.25, 0.3) is 0 Å². The summed E-state index contributed by atoms with van der Waals surface area (Å²) in [6.45, 7) is 2.50. The van der Waals surface area contributed by atoms with Crippen LogP contribution in [0.5, 0.6) is 11.5 Å². The second-order valence-electron chi connectivity index (χ2n) is 5.40. The third-order valence-corrected chi connectivity index (χ3v) is 5.84. The zero-order valence-corrected chi connectivity index (χ0v) is 15.7. The van der Waals surface area contributed by atoms with E-state index in [-0.39, 0.29) is 17.2 Å². The fraction of sp³-hybridized carbons (Fsp3) is 0.167. The Labute approximate surface area is 156 Å². The number of nitrogens with zero attached hydrogens (tertiary/aromatic N) is 1. The number of phenols is 1. The Morgan fingerprint density at radius 3 is 2.46 bits per heavy atom. The average molecular weight is 390 g/mol. The standard InChI is InChI=1S/C18H18N2O4S2/c1-2-24-15-7-9-16(10-8-15)26(22,23)19-11-18-20-17(12-25-18)13-3-5-14(21)6-4-13/h3-10,12,19,21H,2,11H2,1H3. The minimum Gasteiger partial charge on any atom is -0.508 e. The van der Waals surface area contributed by atoms with E-state index in [1.165, 1.54) is 23.5 Å². The van der Waals surface area contributed by atoms with Gasteiger partial charge in [-0.3, -0.25) is 0 Å². The Balaban J connectivity index is 1.67. The van der Waals surface area contributed by atoms with Gasteiger partial charge in [0.1, 0.15) is 16.5 Å². The van der Waals surface area contributed by atoms with Gasteiger partial charge in [-0.2, -0.15) is 0 Å². The first kappa shape index (κ1) is 18.4. The normalized spacial score (nSPS) is 11.4.